The molecule has 0 fully saturated rings. The standard InChI is InChI=1S/C17H20N2O2/c1-19(11-12-20)17-8-4-6-15(18-17)10-9-14-5-3-7-16(13-14)21-2/h3-10,13,20H,11-12H2,1-2H3/b10-9+. The van der Waals surface area contributed by atoms with Gasteiger partial charge in [0.1, 0.15) is 11.6 Å². The van der Waals surface area contributed by atoms with Gasteiger partial charge in [0.25, 0.3) is 0 Å². The Morgan fingerprint density at radius 2 is 2.00 bits per heavy atom. The summed E-state index contributed by atoms with van der Waals surface area (Å²) < 4.78 is 5.20. The van der Waals surface area contributed by atoms with Gasteiger partial charge in [-0.25, -0.2) is 4.98 Å². The Kier molecular flexibility index (Phi) is 5.35. The predicted molar refractivity (Wildman–Crippen MR) is 86.5 cm³/mol. The highest BCUT2D eigenvalue weighted by atomic mass is 16.5. The molecule has 0 amide bonds. The van der Waals surface area contributed by atoms with Gasteiger partial charge in [-0.1, -0.05) is 24.3 Å². The number of aromatic nitrogens is 1. The minimum atomic E-state index is 0.113. The van der Waals surface area contributed by atoms with Crippen molar-refractivity contribution in [1.29, 1.82) is 0 Å². The second kappa shape index (κ2) is 7.45. The van der Waals surface area contributed by atoms with Crippen LogP contribution in [0.3, 0.4) is 0 Å². The molecule has 0 atom stereocenters. The largest absolute Gasteiger partial charge is 0.497 e. The van der Waals surface area contributed by atoms with Crippen LogP contribution in [0.2, 0.25) is 0 Å². The van der Waals surface area contributed by atoms with E-state index in [2.05, 4.69) is 4.98 Å². The van der Waals surface area contributed by atoms with E-state index in [1.54, 1.807) is 7.11 Å². The van der Waals surface area contributed by atoms with Gasteiger partial charge in [0.05, 0.1) is 19.4 Å². The zero-order valence-electron chi connectivity index (χ0n) is 12.4. The minimum absolute atomic E-state index is 0.113. The van der Waals surface area contributed by atoms with Gasteiger partial charge in [0, 0.05) is 13.6 Å². The van der Waals surface area contributed by atoms with E-state index in [1.807, 2.05) is 66.6 Å². The number of likely N-dealkylation sites (N-methyl/N-ethyl adjacent to an activating group) is 1. The van der Waals surface area contributed by atoms with Gasteiger partial charge in [-0.3, -0.25) is 0 Å². The van der Waals surface area contributed by atoms with Crippen LogP contribution in [-0.4, -0.2) is 37.4 Å². The fraction of sp³-hybridized carbons (Fsp3) is 0.235. The summed E-state index contributed by atoms with van der Waals surface area (Å²) in [6.45, 7) is 0.679. The van der Waals surface area contributed by atoms with E-state index in [-0.39, 0.29) is 6.61 Å². The first-order valence-corrected chi connectivity index (χ1v) is 6.84. The Morgan fingerprint density at radius 1 is 1.19 bits per heavy atom. The molecule has 2 aromatic rings. The number of aliphatic hydroxyl groups is 1. The molecule has 0 saturated heterocycles. The maximum atomic E-state index is 8.97. The van der Waals surface area contributed by atoms with Crippen molar-refractivity contribution in [3.05, 3.63) is 53.7 Å². The number of pyridine rings is 1. The summed E-state index contributed by atoms with van der Waals surface area (Å²) in [6.07, 6.45) is 3.96. The topological polar surface area (TPSA) is 45.6 Å². The first kappa shape index (κ1) is 15.1. The monoisotopic (exact) mass is 284 g/mol. The molecule has 1 aromatic carbocycles. The molecule has 0 aliphatic carbocycles. The lowest BCUT2D eigenvalue weighted by atomic mass is 10.2. The summed E-state index contributed by atoms with van der Waals surface area (Å²) in [5.74, 6) is 1.68. The lowest BCUT2D eigenvalue weighted by Gasteiger charge is -2.16. The molecule has 0 aliphatic heterocycles. The number of rotatable bonds is 6. The van der Waals surface area contributed by atoms with Crippen LogP contribution >= 0.6 is 0 Å². The number of benzene rings is 1. The Labute approximate surface area is 125 Å². The molecular weight excluding hydrogens is 264 g/mol. The first-order chi connectivity index (χ1) is 10.2. The molecule has 4 nitrogen and oxygen atoms in total. The van der Waals surface area contributed by atoms with Gasteiger partial charge in [-0.15, -0.1) is 0 Å². The van der Waals surface area contributed by atoms with E-state index in [4.69, 9.17) is 9.84 Å². The van der Waals surface area contributed by atoms with Crippen LogP contribution in [0.25, 0.3) is 12.2 Å². The lowest BCUT2D eigenvalue weighted by Crippen LogP contribution is -2.22. The molecule has 4 heteroatoms. The molecule has 0 radical (unpaired) electrons. The number of ether oxygens (including phenoxy) is 1. The second-order valence-electron chi connectivity index (χ2n) is 4.68. The number of nitrogens with zero attached hydrogens (tertiary/aromatic N) is 2. The Bertz CT molecular complexity index is 611. The molecule has 2 rings (SSSR count). The third-order valence-corrected chi connectivity index (χ3v) is 3.12. The van der Waals surface area contributed by atoms with E-state index in [0.717, 1.165) is 22.8 Å². The molecule has 21 heavy (non-hydrogen) atoms. The molecule has 110 valence electrons. The second-order valence-corrected chi connectivity index (χ2v) is 4.68. The summed E-state index contributed by atoms with van der Waals surface area (Å²) in [7, 11) is 3.57. The van der Waals surface area contributed by atoms with Crippen LogP contribution in [0, 0.1) is 0 Å². The summed E-state index contributed by atoms with van der Waals surface area (Å²) in [6, 6.07) is 13.7. The number of hydrogen-bond donors (Lipinski definition) is 1. The Balaban J connectivity index is 2.15. The third kappa shape index (κ3) is 4.33. The number of hydrogen-bond acceptors (Lipinski definition) is 4. The molecule has 0 spiro atoms. The van der Waals surface area contributed by atoms with Crippen molar-refractivity contribution in [2.45, 2.75) is 0 Å². The van der Waals surface area contributed by atoms with E-state index in [0.29, 0.717) is 6.54 Å². The normalized spacial score (nSPS) is 10.8. The molecule has 0 bridgehead atoms. The fourth-order valence-corrected chi connectivity index (χ4v) is 1.94. The van der Waals surface area contributed by atoms with Crippen molar-refractivity contribution in [2.75, 3.05) is 32.2 Å². The predicted octanol–water partition coefficient (Wildman–Crippen LogP) is 2.69. The average Bonchev–Trinajstić information content (AvgIpc) is 2.53. The van der Waals surface area contributed by atoms with Gasteiger partial charge in [-0.2, -0.15) is 0 Å². The minimum Gasteiger partial charge on any atom is -0.497 e. The molecule has 1 aromatic heterocycles. The third-order valence-electron chi connectivity index (χ3n) is 3.12. The average molecular weight is 284 g/mol. The highest BCUT2D eigenvalue weighted by Gasteiger charge is 2.01. The quantitative estimate of drug-likeness (QED) is 0.886. The van der Waals surface area contributed by atoms with Gasteiger partial charge >= 0.3 is 0 Å². The maximum absolute atomic E-state index is 8.97. The first-order valence-electron chi connectivity index (χ1n) is 6.84. The van der Waals surface area contributed by atoms with Gasteiger partial charge in [-0.05, 0) is 35.9 Å². The van der Waals surface area contributed by atoms with Crippen molar-refractivity contribution in [2.24, 2.45) is 0 Å². The van der Waals surface area contributed by atoms with Crippen LogP contribution in [0.5, 0.6) is 5.75 Å². The summed E-state index contributed by atoms with van der Waals surface area (Å²) in [5, 5.41) is 8.97. The molecule has 0 unspecified atom stereocenters. The highest BCUT2D eigenvalue weighted by molar-refractivity contribution is 5.69. The smallest absolute Gasteiger partial charge is 0.129 e. The van der Waals surface area contributed by atoms with Gasteiger partial charge < -0.3 is 14.7 Å². The molecule has 1 heterocycles. The summed E-state index contributed by atoms with van der Waals surface area (Å²) >= 11 is 0. The number of methoxy groups -OCH3 is 1. The Morgan fingerprint density at radius 3 is 2.76 bits per heavy atom. The van der Waals surface area contributed by atoms with Crippen molar-refractivity contribution in [1.82, 2.24) is 4.98 Å². The molecule has 0 aliphatic rings. The van der Waals surface area contributed by atoms with Crippen molar-refractivity contribution < 1.29 is 9.84 Å². The fourth-order valence-electron chi connectivity index (χ4n) is 1.94. The molecule has 1 N–H and O–H groups in total. The van der Waals surface area contributed by atoms with Gasteiger partial charge in [0.15, 0.2) is 0 Å². The zero-order chi connectivity index (χ0) is 15.1. The SMILES string of the molecule is COc1cccc(/C=C/c2cccc(N(C)CCO)n2)c1. The summed E-state index contributed by atoms with van der Waals surface area (Å²) in [5.41, 5.74) is 1.94. The van der Waals surface area contributed by atoms with Crippen LogP contribution in [0.1, 0.15) is 11.3 Å². The lowest BCUT2D eigenvalue weighted by molar-refractivity contribution is 0.304. The van der Waals surface area contributed by atoms with Crippen LogP contribution in [-0.2, 0) is 0 Å². The van der Waals surface area contributed by atoms with E-state index in [1.165, 1.54) is 0 Å². The van der Waals surface area contributed by atoms with Gasteiger partial charge in [0.2, 0.25) is 0 Å². The highest BCUT2D eigenvalue weighted by Crippen LogP contribution is 2.16. The van der Waals surface area contributed by atoms with Crippen molar-refractivity contribution >= 4 is 18.0 Å². The molecular formula is C17H20N2O2. The number of aliphatic hydroxyl groups excluding tert-OH is 1. The Hall–Kier alpha value is -2.33. The zero-order valence-corrected chi connectivity index (χ0v) is 12.4. The van der Waals surface area contributed by atoms with Crippen LogP contribution in [0.4, 0.5) is 5.82 Å². The van der Waals surface area contributed by atoms with E-state index < -0.39 is 0 Å². The van der Waals surface area contributed by atoms with E-state index >= 15 is 0 Å². The number of anilines is 1. The van der Waals surface area contributed by atoms with Crippen LogP contribution < -0.4 is 9.64 Å². The van der Waals surface area contributed by atoms with E-state index in [9.17, 15) is 0 Å². The van der Waals surface area contributed by atoms with Crippen molar-refractivity contribution in [3.8, 4) is 5.75 Å². The van der Waals surface area contributed by atoms with Crippen molar-refractivity contribution in [3.63, 3.8) is 0 Å². The summed E-state index contributed by atoms with van der Waals surface area (Å²) in [4.78, 5) is 6.47. The molecule has 0 saturated carbocycles. The maximum Gasteiger partial charge on any atom is 0.129 e. The van der Waals surface area contributed by atoms with Crippen LogP contribution in [0.15, 0.2) is 42.5 Å².